The van der Waals surface area contributed by atoms with E-state index < -0.39 is 6.03 Å². The third kappa shape index (κ3) is 5.32. The van der Waals surface area contributed by atoms with Crippen LogP contribution >= 0.6 is 0 Å². The predicted octanol–water partition coefficient (Wildman–Crippen LogP) is 3.48. The number of benzene rings is 3. The van der Waals surface area contributed by atoms with Crippen molar-refractivity contribution >= 4 is 39.4 Å². The first-order chi connectivity index (χ1) is 21.3. The number of anilines is 1. The number of phenolic OH excluding ortho intramolecular Hbond substituents is 1. The summed E-state index contributed by atoms with van der Waals surface area (Å²) >= 11 is 0. The Bertz CT molecular complexity index is 1730. The average molecular weight is 596 g/mol. The molecule has 3 amide bonds. The molecule has 7 rings (SSSR count). The number of nitrogens with two attached hydrogens (primary N) is 1. The van der Waals surface area contributed by atoms with E-state index in [4.69, 9.17) is 20.4 Å². The summed E-state index contributed by atoms with van der Waals surface area (Å²) < 4.78 is 6.29. The van der Waals surface area contributed by atoms with Crippen LogP contribution in [0.25, 0.3) is 32.8 Å². The molecule has 0 spiro atoms. The van der Waals surface area contributed by atoms with Crippen LogP contribution in [0.3, 0.4) is 0 Å². The lowest BCUT2D eigenvalue weighted by atomic mass is 9.97. The van der Waals surface area contributed by atoms with Crippen LogP contribution in [0, 0.1) is 0 Å². The number of amides is 3. The lowest BCUT2D eigenvalue weighted by Gasteiger charge is -2.42. The SMILES string of the molecule is CN1CCC[C@H]1COc1nc(N2C3CCC2CN(C(=O)CNC(N)=O)C3)c2ccc(-c3cc(O)cc4ccccc34)cc2n1. The highest BCUT2D eigenvalue weighted by molar-refractivity contribution is 6.01. The topological polar surface area (TPSA) is 137 Å². The summed E-state index contributed by atoms with van der Waals surface area (Å²) in [6, 6.07) is 17.9. The summed E-state index contributed by atoms with van der Waals surface area (Å²) in [6.07, 6.45) is 4.09. The Morgan fingerprint density at radius 1 is 1.02 bits per heavy atom. The van der Waals surface area contributed by atoms with E-state index in [0.717, 1.165) is 70.8 Å². The molecule has 3 aliphatic heterocycles. The van der Waals surface area contributed by atoms with Crippen molar-refractivity contribution < 1.29 is 19.4 Å². The molecule has 3 aliphatic rings. The third-order valence-corrected chi connectivity index (χ3v) is 9.38. The zero-order chi connectivity index (χ0) is 30.4. The van der Waals surface area contributed by atoms with Gasteiger partial charge in [0.05, 0.1) is 12.1 Å². The van der Waals surface area contributed by atoms with Gasteiger partial charge in [0, 0.05) is 36.6 Å². The number of fused-ring (bicyclic) bond motifs is 4. The predicted molar refractivity (Wildman–Crippen MR) is 169 cm³/mol. The van der Waals surface area contributed by atoms with E-state index in [2.05, 4.69) is 40.4 Å². The smallest absolute Gasteiger partial charge is 0.319 e. The van der Waals surface area contributed by atoms with E-state index >= 15 is 0 Å². The number of rotatable bonds is 7. The first-order valence-electron chi connectivity index (χ1n) is 15.3. The van der Waals surface area contributed by atoms with Crippen molar-refractivity contribution in [1.82, 2.24) is 25.1 Å². The van der Waals surface area contributed by atoms with Crippen molar-refractivity contribution in [2.45, 2.75) is 43.8 Å². The molecule has 0 aliphatic carbocycles. The summed E-state index contributed by atoms with van der Waals surface area (Å²) in [5.74, 6) is 0.884. The second-order valence-electron chi connectivity index (χ2n) is 12.2. The zero-order valence-electron chi connectivity index (χ0n) is 24.8. The van der Waals surface area contributed by atoms with Gasteiger partial charge >= 0.3 is 12.0 Å². The number of aromatic nitrogens is 2. The maximum atomic E-state index is 12.8. The van der Waals surface area contributed by atoms with Gasteiger partial charge in [-0.05, 0) is 85.4 Å². The molecule has 2 bridgehead atoms. The van der Waals surface area contributed by atoms with Crippen molar-refractivity contribution in [3.05, 3.63) is 54.6 Å². The van der Waals surface area contributed by atoms with Gasteiger partial charge < -0.3 is 35.6 Å². The molecule has 228 valence electrons. The van der Waals surface area contributed by atoms with Crippen LogP contribution in [-0.4, -0.2) is 94.8 Å². The molecule has 3 atom stereocenters. The number of primary amides is 1. The highest BCUT2D eigenvalue weighted by atomic mass is 16.5. The highest BCUT2D eigenvalue weighted by Gasteiger charge is 2.43. The number of carbonyl (C=O) groups is 2. The number of piperazine rings is 1. The molecule has 3 saturated heterocycles. The van der Waals surface area contributed by atoms with Crippen molar-refractivity contribution in [1.29, 1.82) is 0 Å². The molecule has 0 saturated carbocycles. The first kappa shape index (κ1) is 28.1. The second-order valence-corrected chi connectivity index (χ2v) is 12.2. The van der Waals surface area contributed by atoms with Crippen LogP contribution in [0.2, 0.25) is 0 Å². The van der Waals surface area contributed by atoms with Crippen LogP contribution in [0.15, 0.2) is 54.6 Å². The second kappa shape index (κ2) is 11.5. The number of aromatic hydroxyl groups is 1. The van der Waals surface area contributed by atoms with Crippen molar-refractivity contribution in [3.63, 3.8) is 0 Å². The van der Waals surface area contributed by atoms with Crippen molar-refractivity contribution in [3.8, 4) is 22.9 Å². The third-order valence-electron chi connectivity index (χ3n) is 9.38. The quantitative estimate of drug-likeness (QED) is 0.295. The molecule has 4 heterocycles. The minimum Gasteiger partial charge on any atom is -0.508 e. The normalized spacial score (nSPS) is 21.7. The molecule has 4 aromatic rings. The molecular formula is C33H37N7O4. The Labute approximate surface area is 255 Å². The lowest BCUT2D eigenvalue weighted by Crippen LogP contribution is -2.57. The standard InChI is InChI=1S/C33H37N7O4/c1-38-12-4-6-24(38)19-44-33-36-29-14-21(28-15-25(41)13-20-5-2-3-7-26(20)28)8-11-27(29)31(37-33)40-22-9-10-23(40)18-39(17-22)30(42)16-35-32(34)43/h2-3,5,7-8,11,13-15,22-24,41H,4,6,9-10,12,16-19H2,1H3,(H3,34,35,43)/t22?,23?,24-/m0/s1. The zero-order valence-corrected chi connectivity index (χ0v) is 24.8. The molecule has 4 N–H and O–H groups in total. The molecule has 3 aromatic carbocycles. The van der Waals surface area contributed by atoms with Gasteiger partial charge in [-0.2, -0.15) is 9.97 Å². The fourth-order valence-electron chi connectivity index (χ4n) is 7.14. The maximum absolute atomic E-state index is 12.8. The van der Waals surface area contributed by atoms with E-state index in [1.165, 1.54) is 0 Å². The molecule has 2 unspecified atom stereocenters. The summed E-state index contributed by atoms with van der Waals surface area (Å²) in [5, 5.41) is 15.9. The maximum Gasteiger partial charge on any atom is 0.319 e. The van der Waals surface area contributed by atoms with Crippen molar-refractivity contribution in [2.75, 3.05) is 44.7 Å². The first-order valence-corrected chi connectivity index (χ1v) is 15.3. The number of nitrogens with zero attached hydrogens (tertiary/aromatic N) is 5. The summed E-state index contributed by atoms with van der Waals surface area (Å²) in [7, 11) is 2.12. The Morgan fingerprint density at radius 2 is 1.82 bits per heavy atom. The summed E-state index contributed by atoms with van der Waals surface area (Å²) in [4.78, 5) is 40.4. The summed E-state index contributed by atoms with van der Waals surface area (Å²) in [6.45, 7) is 2.54. The Kier molecular flexibility index (Phi) is 7.33. The van der Waals surface area contributed by atoms with Gasteiger partial charge in [0.25, 0.3) is 0 Å². The van der Waals surface area contributed by atoms with E-state index in [9.17, 15) is 14.7 Å². The van der Waals surface area contributed by atoms with Crippen LogP contribution in [0.1, 0.15) is 25.7 Å². The Morgan fingerprint density at radius 3 is 2.57 bits per heavy atom. The number of likely N-dealkylation sites (N-methyl/N-ethyl adjacent to an activating group) is 1. The van der Waals surface area contributed by atoms with Crippen LogP contribution in [0.5, 0.6) is 11.8 Å². The number of ether oxygens (including phenoxy) is 1. The van der Waals surface area contributed by atoms with Crippen LogP contribution in [-0.2, 0) is 4.79 Å². The highest BCUT2D eigenvalue weighted by Crippen LogP contribution is 2.40. The molecule has 11 nitrogen and oxygen atoms in total. The van der Waals surface area contributed by atoms with Gasteiger partial charge in [0.1, 0.15) is 18.2 Å². The van der Waals surface area contributed by atoms with Gasteiger partial charge in [-0.1, -0.05) is 30.3 Å². The Balaban J connectivity index is 1.26. The number of hydrogen-bond donors (Lipinski definition) is 3. The molecule has 0 radical (unpaired) electrons. The number of phenols is 1. The average Bonchev–Trinajstić information content (AvgIpc) is 3.55. The minimum atomic E-state index is -0.707. The fraction of sp³-hybridized carbons (Fsp3) is 0.394. The van der Waals surface area contributed by atoms with Gasteiger partial charge in [0.15, 0.2) is 0 Å². The van der Waals surface area contributed by atoms with Crippen molar-refractivity contribution in [2.24, 2.45) is 5.73 Å². The van der Waals surface area contributed by atoms with Gasteiger partial charge in [-0.25, -0.2) is 4.79 Å². The molecular weight excluding hydrogens is 558 g/mol. The minimum absolute atomic E-state index is 0.0767. The van der Waals surface area contributed by atoms with E-state index in [0.29, 0.717) is 31.7 Å². The van der Waals surface area contributed by atoms with Gasteiger partial charge in [0.2, 0.25) is 5.91 Å². The molecule has 44 heavy (non-hydrogen) atoms. The van der Waals surface area contributed by atoms with Crippen LogP contribution < -0.4 is 20.7 Å². The van der Waals surface area contributed by atoms with Gasteiger partial charge in [-0.3, -0.25) is 4.79 Å². The largest absolute Gasteiger partial charge is 0.508 e. The monoisotopic (exact) mass is 595 g/mol. The van der Waals surface area contributed by atoms with Crippen LogP contribution in [0.4, 0.5) is 10.6 Å². The van der Waals surface area contributed by atoms with E-state index in [1.807, 2.05) is 29.2 Å². The number of likely N-dealkylation sites (tertiary alicyclic amines) is 2. The van der Waals surface area contributed by atoms with E-state index in [-0.39, 0.29) is 30.3 Å². The van der Waals surface area contributed by atoms with E-state index in [1.54, 1.807) is 12.1 Å². The van der Waals surface area contributed by atoms with Gasteiger partial charge in [-0.15, -0.1) is 0 Å². The lowest BCUT2D eigenvalue weighted by molar-refractivity contribution is -0.131. The number of hydrogen-bond acceptors (Lipinski definition) is 8. The fourth-order valence-corrected chi connectivity index (χ4v) is 7.14. The molecule has 11 heteroatoms. The Hall–Kier alpha value is -4.64. The molecule has 1 aromatic heterocycles. The number of carbonyl (C=O) groups excluding carboxylic acids is 2. The molecule has 3 fully saturated rings. The summed E-state index contributed by atoms with van der Waals surface area (Å²) in [5.41, 5.74) is 7.82. The number of nitrogens with one attached hydrogen (secondary N) is 1. The number of urea groups is 1.